The van der Waals surface area contributed by atoms with Gasteiger partial charge in [0.15, 0.2) is 5.78 Å². The van der Waals surface area contributed by atoms with Gasteiger partial charge in [0.1, 0.15) is 6.07 Å². The highest BCUT2D eigenvalue weighted by Crippen LogP contribution is 2.38. The van der Waals surface area contributed by atoms with Crippen molar-refractivity contribution in [2.24, 2.45) is 11.8 Å². The van der Waals surface area contributed by atoms with Gasteiger partial charge in [0.2, 0.25) is 5.82 Å². The van der Waals surface area contributed by atoms with Crippen LogP contribution >= 0.6 is 0 Å². The van der Waals surface area contributed by atoms with Gasteiger partial charge in [-0.1, -0.05) is 6.07 Å². The van der Waals surface area contributed by atoms with E-state index in [4.69, 9.17) is 10.7 Å². The molecule has 7 heteroatoms. The molecule has 0 saturated heterocycles. The molecule has 32 heavy (non-hydrogen) atoms. The largest absolute Gasteiger partial charge is 0.381 e. The van der Waals surface area contributed by atoms with Crippen LogP contribution in [0.2, 0.25) is 0 Å². The van der Waals surface area contributed by atoms with E-state index in [1.165, 1.54) is 0 Å². The molecule has 0 spiro atoms. The van der Waals surface area contributed by atoms with Gasteiger partial charge in [0.05, 0.1) is 16.8 Å². The van der Waals surface area contributed by atoms with Crippen LogP contribution in [0.1, 0.15) is 54.7 Å². The number of pyridine rings is 1. The number of Topliss-reactive ketones (excluding diaryl/α,β-unsaturated/α-hetero) is 1. The summed E-state index contributed by atoms with van der Waals surface area (Å²) in [6.45, 7) is 0. The molecule has 1 aromatic carbocycles. The standard InChI is InChI=1S/C25H24N6O/c26-10-15-1-6-19(7-2-15)31-24-20-9-17(18-12-29-23(11-27)30-13-18)5-8-22(20)28-14-21(24)25(32)16-3-4-16/h5,8-10,12-16,19,26H,1-4,6-7H2,(H,28,31). The van der Waals surface area contributed by atoms with Gasteiger partial charge in [-0.05, 0) is 68.4 Å². The number of nitrogens with one attached hydrogen (secondary N) is 2. The lowest BCUT2D eigenvalue weighted by molar-refractivity contribution is 0.0968. The molecule has 7 nitrogen and oxygen atoms in total. The third-order valence-electron chi connectivity index (χ3n) is 6.52. The number of nitriles is 1. The summed E-state index contributed by atoms with van der Waals surface area (Å²) in [5.41, 5.74) is 4.08. The molecule has 2 heterocycles. The number of hydrogen-bond donors (Lipinski definition) is 2. The predicted molar refractivity (Wildman–Crippen MR) is 123 cm³/mol. The number of hydrogen-bond acceptors (Lipinski definition) is 7. The Hall–Kier alpha value is -3.66. The van der Waals surface area contributed by atoms with Crippen molar-refractivity contribution in [3.8, 4) is 17.2 Å². The fourth-order valence-electron chi connectivity index (χ4n) is 4.45. The number of ketones is 1. The number of aromatic nitrogens is 3. The molecule has 0 radical (unpaired) electrons. The van der Waals surface area contributed by atoms with Crippen molar-refractivity contribution < 1.29 is 4.79 Å². The van der Waals surface area contributed by atoms with Crippen molar-refractivity contribution in [1.29, 1.82) is 10.7 Å². The Morgan fingerprint density at radius 1 is 1.03 bits per heavy atom. The average molecular weight is 425 g/mol. The summed E-state index contributed by atoms with van der Waals surface area (Å²) in [4.78, 5) is 25.8. The molecule has 0 aliphatic heterocycles. The normalized spacial score (nSPS) is 20.5. The zero-order valence-corrected chi connectivity index (χ0v) is 17.7. The minimum absolute atomic E-state index is 0.110. The van der Waals surface area contributed by atoms with Crippen molar-refractivity contribution in [1.82, 2.24) is 15.0 Å². The van der Waals surface area contributed by atoms with Crippen LogP contribution in [0.15, 0.2) is 36.8 Å². The van der Waals surface area contributed by atoms with Crippen molar-refractivity contribution in [3.63, 3.8) is 0 Å². The maximum atomic E-state index is 13.1. The van der Waals surface area contributed by atoms with E-state index in [1.807, 2.05) is 24.3 Å². The molecule has 2 aliphatic carbocycles. The van der Waals surface area contributed by atoms with E-state index < -0.39 is 0 Å². The molecule has 0 unspecified atom stereocenters. The predicted octanol–water partition coefficient (Wildman–Crippen LogP) is 4.78. The molecule has 0 bridgehead atoms. The Labute approximate surface area is 186 Å². The second-order valence-corrected chi connectivity index (χ2v) is 8.75. The highest BCUT2D eigenvalue weighted by molar-refractivity contribution is 6.10. The number of nitrogens with zero attached hydrogens (tertiary/aromatic N) is 4. The first kappa shape index (κ1) is 20.3. The van der Waals surface area contributed by atoms with E-state index in [0.717, 1.165) is 66.2 Å². The monoisotopic (exact) mass is 424 g/mol. The van der Waals surface area contributed by atoms with Gasteiger partial charge >= 0.3 is 0 Å². The Morgan fingerprint density at radius 2 is 1.78 bits per heavy atom. The second-order valence-electron chi connectivity index (χ2n) is 8.75. The summed E-state index contributed by atoms with van der Waals surface area (Å²) in [7, 11) is 0. The van der Waals surface area contributed by atoms with Gasteiger partial charge < -0.3 is 10.7 Å². The van der Waals surface area contributed by atoms with E-state index >= 15 is 0 Å². The third kappa shape index (κ3) is 3.96. The zero-order chi connectivity index (χ0) is 22.1. The van der Waals surface area contributed by atoms with Crippen LogP contribution in [-0.2, 0) is 0 Å². The fraction of sp³-hybridized carbons (Fsp3) is 0.360. The van der Waals surface area contributed by atoms with Crippen molar-refractivity contribution in [3.05, 3.63) is 48.2 Å². The number of carbonyl (C=O) groups excluding carboxylic acids is 1. The lowest BCUT2D eigenvalue weighted by Gasteiger charge is -2.29. The number of benzene rings is 1. The highest BCUT2D eigenvalue weighted by atomic mass is 16.1. The molecule has 5 rings (SSSR count). The van der Waals surface area contributed by atoms with Gasteiger partial charge in [-0.2, -0.15) is 5.26 Å². The molecule has 160 valence electrons. The Balaban J connectivity index is 1.56. The Bertz CT molecular complexity index is 1220. The van der Waals surface area contributed by atoms with Crippen LogP contribution < -0.4 is 5.32 Å². The quantitative estimate of drug-likeness (QED) is 0.435. The van der Waals surface area contributed by atoms with Crippen molar-refractivity contribution in [2.45, 2.75) is 44.6 Å². The lowest BCUT2D eigenvalue weighted by atomic mass is 9.86. The van der Waals surface area contributed by atoms with E-state index in [0.29, 0.717) is 11.5 Å². The average Bonchev–Trinajstić information content (AvgIpc) is 3.70. The first-order valence-electron chi connectivity index (χ1n) is 11.1. The summed E-state index contributed by atoms with van der Waals surface area (Å²) in [5, 5.41) is 21.1. The number of anilines is 1. The van der Waals surface area contributed by atoms with Crippen molar-refractivity contribution >= 4 is 28.6 Å². The molecular weight excluding hydrogens is 400 g/mol. The van der Waals surface area contributed by atoms with Crippen LogP contribution in [0.25, 0.3) is 22.0 Å². The zero-order valence-electron chi connectivity index (χ0n) is 17.7. The van der Waals surface area contributed by atoms with E-state index in [9.17, 15) is 4.79 Å². The van der Waals surface area contributed by atoms with Crippen molar-refractivity contribution in [2.75, 3.05) is 5.32 Å². The number of carbonyl (C=O) groups is 1. The number of fused-ring (bicyclic) bond motifs is 1. The maximum absolute atomic E-state index is 13.1. The first-order chi connectivity index (χ1) is 15.7. The highest BCUT2D eigenvalue weighted by Gasteiger charge is 2.33. The minimum Gasteiger partial charge on any atom is -0.381 e. The van der Waals surface area contributed by atoms with Gasteiger partial charge in [-0.15, -0.1) is 0 Å². The summed E-state index contributed by atoms with van der Waals surface area (Å²) >= 11 is 0. The maximum Gasteiger partial charge on any atom is 0.232 e. The van der Waals surface area contributed by atoms with Gasteiger partial charge in [0.25, 0.3) is 0 Å². The van der Waals surface area contributed by atoms with Crippen LogP contribution in [-0.4, -0.2) is 33.0 Å². The molecule has 0 amide bonds. The summed E-state index contributed by atoms with van der Waals surface area (Å²) in [6.07, 6.45) is 12.4. The second kappa shape index (κ2) is 8.46. The molecule has 0 atom stereocenters. The molecule has 2 saturated carbocycles. The molecule has 2 aromatic heterocycles. The minimum atomic E-state index is 0.110. The van der Waals surface area contributed by atoms with E-state index in [2.05, 4.69) is 20.3 Å². The van der Waals surface area contributed by atoms with Crippen LogP contribution in [0.3, 0.4) is 0 Å². The van der Waals surface area contributed by atoms with E-state index in [1.54, 1.807) is 24.8 Å². The summed E-state index contributed by atoms with van der Waals surface area (Å²) in [5.74, 6) is 0.773. The fourth-order valence-corrected chi connectivity index (χ4v) is 4.45. The first-order valence-corrected chi connectivity index (χ1v) is 11.1. The SMILES string of the molecule is N#Cc1ncc(-c2ccc3ncc(C(=O)C4CC4)c(NC4CCC(C=N)CC4)c3c2)cn1. The topological polar surface area (TPSA) is 115 Å². The molecule has 2 aliphatic rings. The van der Waals surface area contributed by atoms with E-state index in [-0.39, 0.29) is 23.6 Å². The Kier molecular flexibility index (Phi) is 5.36. The Morgan fingerprint density at radius 3 is 2.44 bits per heavy atom. The number of rotatable bonds is 6. The van der Waals surface area contributed by atoms with Crippen LogP contribution in [0.4, 0.5) is 5.69 Å². The summed E-state index contributed by atoms with van der Waals surface area (Å²) in [6, 6.07) is 8.15. The molecular formula is C25H24N6O. The summed E-state index contributed by atoms with van der Waals surface area (Å²) < 4.78 is 0. The smallest absolute Gasteiger partial charge is 0.232 e. The molecule has 3 aromatic rings. The van der Waals surface area contributed by atoms with Crippen LogP contribution in [0.5, 0.6) is 0 Å². The lowest BCUT2D eigenvalue weighted by Crippen LogP contribution is -2.27. The van der Waals surface area contributed by atoms with Crippen LogP contribution in [0, 0.1) is 28.6 Å². The van der Waals surface area contributed by atoms with Gasteiger partial charge in [-0.25, -0.2) is 9.97 Å². The van der Waals surface area contributed by atoms with Gasteiger partial charge in [-0.3, -0.25) is 9.78 Å². The third-order valence-corrected chi connectivity index (χ3v) is 6.52. The molecule has 2 fully saturated rings. The molecule has 2 N–H and O–H groups in total. The van der Waals surface area contributed by atoms with Gasteiger partial charge in [0, 0.05) is 41.5 Å².